The summed E-state index contributed by atoms with van der Waals surface area (Å²) in [4.78, 5) is 30.8. The summed E-state index contributed by atoms with van der Waals surface area (Å²) in [5.41, 5.74) is 1.34. The van der Waals surface area contributed by atoms with Gasteiger partial charge in [0.15, 0.2) is 0 Å². The second-order valence-corrected chi connectivity index (χ2v) is 9.10. The van der Waals surface area contributed by atoms with E-state index < -0.39 is 0 Å². The molecule has 1 saturated heterocycles. The normalized spacial score (nSPS) is 22.9. The van der Waals surface area contributed by atoms with Crippen LogP contribution in [0, 0.1) is 11.7 Å². The first-order valence-corrected chi connectivity index (χ1v) is 11.6. The number of nitrogens with one attached hydrogen (secondary N) is 1. The van der Waals surface area contributed by atoms with Gasteiger partial charge in [0.25, 0.3) is 5.91 Å². The van der Waals surface area contributed by atoms with Crippen LogP contribution in [-0.2, 0) is 4.79 Å². The maximum Gasteiger partial charge on any atom is 0.255 e. The number of benzene rings is 2. The minimum absolute atomic E-state index is 0.0872. The number of piperazine rings is 1. The van der Waals surface area contributed by atoms with Crippen molar-refractivity contribution >= 4 is 11.8 Å². The smallest absolute Gasteiger partial charge is 0.255 e. The second-order valence-electron chi connectivity index (χ2n) is 9.10. The van der Waals surface area contributed by atoms with Gasteiger partial charge in [-0.2, -0.15) is 0 Å². The molecule has 0 radical (unpaired) electrons. The van der Waals surface area contributed by atoms with Crippen molar-refractivity contribution in [2.75, 3.05) is 47.4 Å². The lowest BCUT2D eigenvalue weighted by molar-refractivity contribution is -0.137. The first-order chi connectivity index (χ1) is 16.4. The van der Waals surface area contributed by atoms with Crippen molar-refractivity contribution in [1.82, 2.24) is 15.1 Å². The molecule has 4 rings (SSSR count). The van der Waals surface area contributed by atoms with Gasteiger partial charge in [-0.05, 0) is 55.6 Å². The average Bonchev–Trinajstić information content (AvgIpc) is 3.27. The topological polar surface area (TPSA) is 71.1 Å². The molecule has 2 aliphatic rings. The minimum atomic E-state index is -0.305. The molecular weight excluding hydrogens is 437 g/mol. The summed E-state index contributed by atoms with van der Waals surface area (Å²) < 4.78 is 24.2. The standard InChI is InChI=1S/C26H32FN3O4/c1-29-10-12-30(13-11-29)26(32)23-15-19(14-22(23)17-4-6-18(27)7-5-17)28-25(31)21-9-8-20(33-2)16-24(21)34-3/h4-9,16,19,22-23H,10-15H2,1-3H3,(H,28,31)/t19-,22+,23-/m0/s1. The molecule has 7 nitrogen and oxygen atoms in total. The zero-order chi connectivity index (χ0) is 24.2. The Bertz CT molecular complexity index is 1020. The number of likely N-dealkylation sites (N-methyl/N-ethyl adjacent to an activating group) is 1. The number of carbonyl (C=O) groups is 2. The zero-order valence-corrected chi connectivity index (χ0v) is 19.9. The van der Waals surface area contributed by atoms with Crippen LogP contribution in [0.2, 0.25) is 0 Å². The molecule has 2 amide bonds. The van der Waals surface area contributed by atoms with Crippen molar-refractivity contribution in [3.8, 4) is 11.5 Å². The Morgan fingerprint density at radius 3 is 2.32 bits per heavy atom. The SMILES string of the molecule is COc1ccc(C(=O)N[C@@H]2C[C@H](C(=O)N3CCN(C)CC3)[C@@H](c3ccc(F)cc3)C2)c(OC)c1. The van der Waals surface area contributed by atoms with Crippen LogP contribution in [0.1, 0.15) is 34.7 Å². The summed E-state index contributed by atoms with van der Waals surface area (Å²) in [5.74, 6) is 0.225. The number of ether oxygens (including phenoxy) is 2. The minimum Gasteiger partial charge on any atom is -0.497 e. The molecule has 2 aromatic carbocycles. The molecule has 8 heteroatoms. The van der Waals surface area contributed by atoms with E-state index in [0.717, 1.165) is 18.7 Å². The largest absolute Gasteiger partial charge is 0.497 e. The monoisotopic (exact) mass is 469 g/mol. The van der Waals surface area contributed by atoms with Gasteiger partial charge in [0.05, 0.1) is 19.8 Å². The molecule has 0 unspecified atom stereocenters. The number of rotatable bonds is 6. The van der Waals surface area contributed by atoms with Crippen LogP contribution in [0.5, 0.6) is 11.5 Å². The number of nitrogens with zero attached hydrogens (tertiary/aromatic N) is 2. The molecule has 1 aliphatic heterocycles. The Balaban J connectivity index is 1.53. The highest BCUT2D eigenvalue weighted by Gasteiger charge is 2.42. The van der Waals surface area contributed by atoms with Gasteiger partial charge in [0.2, 0.25) is 5.91 Å². The summed E-state index contributed by atoms with van der Waals surface area (Å²) in [7, 11) is 5.12. The molecule has 34 heavy (non-hydrogen) atoms. The Morgan fingerprint density at radius 2 is 1.68 bits per heavy atom. The van der Waals surface area contributed by atoms with Gasteiger partial charge in [-0.3, -0.25) is 9.59 Å². The van der Waals surface area contributed by atoms with Gasteiger partial charge >= 0.3 is 0 Å². The lowest BCUT2D eigenvalue weighted by Gasteiger charge is -2.35. The Morgan fingerprint density at radius 1 is 0.971 bits per heavy atom. The molecule has 0 spiro atoms. The average molecular weight is 470 g/mol. The van der Waals surface area contributed by atoms with E-state index in [0.29, 0.717) is 43.0 Å². The molecule has 182 valence electrons. The fourth-order valence-corrected chi connectivity index (χ4v) is 5.02. The van der Waals surface area contributed by atoms with E-state index in [9.17, 15) is 14.0 Å². The Hall–Kier alpha value is -3.13. The molecule has 2 aromatic rings. The third kappa shape index (κ3) is 5.17. The van der Waals surface area contributed by atoms with E-state index in [2.05, 4.69) is 17.3 Å². The molecular formula is C26H32FN3O4. The van der Waals surface area contributed by atoms with Crippen molar-refractivity contribution < 1.29 is 23.5 Å². The highest BCUT2D eigenvalue weighted by Crippen LogP contribution is 2.41. The molecule has 0 bridgehead atoms. The summed E-state index contributed by atoms with van der Waals surface area (Å²) in [6.07, 6.45) is 1.15. The quantitative estimate of drug-likeness (QED) is 0.705. The first kappa shape index (κ1) is 24.0. The molecule has 2 fully saturated rings. The van der Waals surface area contributed by atoms with Gasteiger partial charge in [-0.15, -0.1) is 0 Å². The fourth-order valence-electron chi connectivity index (χ4n) is 5.02. The second kappa shape index (κ2) is 10.4. The predicted molar refractivity (Wildman–Crippen MR) is 127 cm³/mol. The third-order valence-electron chi connectivity index (χ3n) is 6.98. The maximum atomic E-state index is 13.6. The van der Waals surface area contributed by atoms with Crippen molar-refractivity contribution in [2.45, 2.75) is 24.8 Å². The summed E-state index contributed by atoms with van der Waals surface area (Å²) in [6, 6.07) is 11.2. The zero-order valence-electron chi connectivity index (χ0n) is 19.9. The van der Waals surface area contributed by atoms with Gasteiger partial charge < -0.3 is 24.6 Å². The van der Waals surface area contributed by atoms with E-state index >= 15 is 0 Å². The maximum absolute atomic E-state index is 13.6. The van der Waals surface area contributed by atoms with Gasteiger partial charge in [0, 0.05) is 44.2 Å². The van der Waals surface area contributed by atoms with Gasteiger partial charge in [-0.1, -0.05) is 12.1 Å². The molecule has 3 atom stereocenters. The highest BCUT2D eigenvalue weighted by molar-refractivity contribution is 5.97. The van der Waals surface area contributed by atoms with Crippen LogP contribution in [0.25, 0.3) is 0 Å². The van der Waals surface area contributed by atoms with E-state index in [1.807, 2.05) is 4.90 Å². The van der Waals surface area contributed by atoms with Crippen LogP contribution in [0.3, 0.4) is 0 Å². The number of hydrogen-bond donors (Lipinski definition) is 1. The summed E-state index contributed by atoms with van der Waals surface area (Å²) in [5, 5.41) is 3.10. The lowest BCUT2D eigenvalue weighted by Crippen LogP contribution is -2.49. The molecule has 1 saturated carbocycles. The Labute approximate surface area is 199 Å². The number of carbonyl (C=O) groups excluding carboxylic acids is 2. The van der Waals surface area contributed by atoms with Crippen LogP contribution in [-0.4, -0.2) is 75.1 Å². The van der Waals surface area contributed by atoms with E-state index in [1.54, 1.807) is 37.4 Å². The molecule has 1 N–H and O–H groups in total. The van der Waals surface area contributed by atoms with Gasteiger partial charge in [-0.25, -0.2) is 4.39 Å². The van der Waals surface area contributed by atoms with Gasteiger partial charge in [0.1, 0.15) is 17.3 Å². The molecule has 1 aliphatic carbocycles. The first-order valence-electron chi connectivity index (χ1n) is 11.6. The van der Waals surface area contributed by atoms with Crippen molar-refractivity contribution in [3.63, 3.8) is 0 Å². The molecule has 1 heterocycles. The third-order valence-corrected chi connectivity index (χ3v) is 6.98. The summed E-state index contributed by atoms with van der Waals surface area (Å²) in [6.45, 7) is 3.08. The molecule has 0 aromatic heterocycles. The van der Waals surface area contributed by atoms with Crippen LogP contribution in [0.4, 0.5) is 4.39 Å². The van der Waals surface area contributed by atoms with E-state index in [-0.39, 0.29) is 35.5 Å². The number of hydrogen-bond acceptors (Lipinski definition) is 5. The van der Waals surface area contributed by atoms with E-state index in [1.165, 1.54) is 19.2 Å². The van der Waals surface area contributed by atoms with Crippen molar-refractivity contribution in [2.24, 2.45) is 5.92 Å². The fraction of sp³-hybridized carbons (Fsp3) is 0.462. The number of amides is 2. The van der Waals surface area contributed by atoms with Crippen LogP contribution >= 0.6 is 0 Å². The van der Waals surface area contributed by atoms with Crippen molar-refractivity contribution in [3.05, 3.63) is 59.4 Å². The highest BCUT2D eigenvalue weighted by atomic mass is 19.1. The van der Waals surface area contributed by atoms with Crippen LogP contribution in [0.15, 0.2) is 42.5 Å². The summed E-state index contributed by atoms with van der Waals surface area (Å²) >= 11 is 0. The van der Waals surface area contributed by atoms with Crippen LogP contribution < -0.4 is 14.8 Å². The number of methoxy groups -OCH3 is 2. The van der Waals surface area contributed by atoms with Crippen molar-refractivity contribution in [1.29, 1.82) is 0 Å². The predicted octanol–water partition coefficient (Wildman–Crippen LogP) is 2.91. The van der Waals surface area contributed by atoms with E-state index in [4.69, 9.17) is 9.47 Å². The Kier molecular flexibility index (Phi) is 7.36. The lowest BCUT2D eigenvalue weighted by atomic mass is 9.87. The number of halogens is 1.